The summed E-state index contributed by atoms with van der Waals surface area (Å²) in [5, 5.41) is 11.1. The zero-order valence-electron chi connectivity index (χ0n) is 28.2. The zero-order chi connectivity index (χ0) is 35.1. The van der Waals surface area contributed by atoms with E-state index in [4.69, 9.17) is 5.73 Å². The van der Waals surface area contributed by atoms with Gasteiger partial charge in [-0.15, -0.1) is 0 Å². The van der Waals surface area contributed by atoms with Gasteiger partial charge >= 0.3 is 6.03 Å². The molecule has 6 atom stereocenters. The van der Waals surface area contributed by atoms with Crippen LogP contribution < -0.4 is 31.9 Å². The highest BCUT2D eigenvalue weighted by Crippen LogP contribution is 2.65. The number of piperidine rings is 1. The number of ketones is 1. The number of carbonyl (C=O) groups excluding carboxylic acids is 6. The van der Waals surface area contributed by atoms with Crippen LogP contribution in [0.4, 0.5) is 14.9 Å². The van der Waals surface area contributed by atoms with E-state index in [0.29, 0.717) is 39.3 Å². The molecule has 262 valence electrons. The Labute approximate surface area is 279 Å². The van der Waals surface area contributed by atoms with Crippen LogP contribution in [0.25, 0.3) is 0 Å². The maximum Gasteiger partial charge on any atom is 0.315 e. The molecule has 3 saturated heterocycles. The van der Waals surface area contributed by atoms with Gasteiger partial charge in [0.05, 0.1) is 12.6 Å². The number of amides is 6. The second kappa shape index (κ2) is 13.3. The Morgan fingerprint density at radius 3 is 2.21 bits per heavy atom. The average molecular weight is 671 g/mol. The quantitative estimate of drug-likeness (QED) is 0.155. The van der Waals surface area contributed by atoms with E-state index >= 15 is 0 Å². The molecule has 4 aliphatic rings. The SMILES string of the molecule is CC(C)(C)[C@H](NC(=O)NCC(=O)N1CCN(c2ccc(F)cc2)CC1)C(=O)N1C[C@H]2[C@@H]([C@H]1C(=O)NC(CC1CN1)C(=O)C(N)=O)C2(C)C. The summed E-state index contributed by atoms with van der Waals surface area (Å²) in [6.45, 7) is 12.1. The molecular formula is C33H47FN8O6. The molecule has 1 aliphatic carbocycles. The monoisotopic (exact) mass is 670 g/mol. The van der Waals surface area contributed by atoms with Gasteiger partial charge in [0.2, 0.25) is 23.5 Å². The number of Topliss-reactive ketones (excluding diaryl/α,β-unsaturated/α-hetero) is 1. The van der Waals surface area contributed by atoms with Crippen molar-refractivity contribution >= 4 is 41.1 Å². The van der Waals surface area contributed by atoms with E-state index in [0.717, 1.165) is 5.69 Å². The number of nitrogens with one attached hydrogen (secondary N) is 4. The fourth-order valence-corrected chi connectivity index (χ4v) is 7.14. The number of halogens is 1. The van der Waals surface area contributed by atoms with E-state index in [-0.39, 0.29) is 48.0 Å². The third-order valence-electron chi connectivity index (χ3n) is 10.3. The van der Waals surface area contributed by atoms with E-state index in [1.807, 2.05) is 13.8 Å². The Hall–Kier alpha value is -4.27. The van der Waals surface area contributed by atoms with Gasteiger partial charge in [0, 0.05) is 51.0 Å². The largest absolute Gasteiger partial charge is 0.368 e. The number of nitrogens with zero attached hydrogens (tertiary/aromatic N) is 3. The lowest BCUT2D eigenvalue weighted by Crippen LogP contribution is -2.61. The molecule has 1 saturated carbocycles. The standard InChI is InChI=1S/C33H47FN8O6/c1-32(2,3)27(39-31(48)37-16-23(43)41-12-10-40(11-13-41)20-8-6-18(34)7-9-20)30(47)42-17-21-24(33(21,4)5)25(42)29(46)38-22(14-19-15-36-19)26(44)28(35)45/h6-9,19,21-22,24-25,27,36H,10-17H2,1-5H3,(H2,35,45)(H,38,46)(H2,37,39,48)/t19?,21-,22?,24-,25-,27+/m0/s1. The molecule has 5 rings (SSSR count). The summed E-state index contributed by atoms with van der Waals surface area (Å²) in [6.07, 6.45) is 0.209. The molecule has 0 aromatic heterocycles. The van der Waals surface area contributed by atoms with Crippen molar-refractivity contribution in [2.45, 2.75) is 65.2 Å². The van der Waals surface area contributed by atoms with Crippen LogP contribution in [0.1, 0.15) is 41.0 Å². The van der Waals surface area contributed by atoms with E-state index in [1.54, 1.807) is 37.8 Å². The van der Waals surface area contributed by atoms with Gasteiger partial charge in [0.1, 0.15) is 17.9 Å². The van der Waals surface area contributed by atoms with Crippen molar-refractivity contribution in [2.24, 2.45) is 28.4 Å². The van der Waals surface area contributed by atoms with Crippen LogP contribution in [0.15, 0.2) is 24.3 Å². The number of hydrogen-bond acceptors (Lipinski definition) is 8. The Bertz CT molecular complexity index is 1450. The average Bonchev–Trinajstić information content (AvgIpc) is 3.88. The first-order valence-corrected chi connectivity index (χ1v) is 16.5. The van der Waals surface area contributed by atoms with Gasteiger partial charge in [-0.3, -0.25) is 24.0 Å². The molecule has 1 aromatic carbocycles. The van der Waals surface area contributed by atoms with Crippen molar-refractivity contribution in [1.29, 1.82) is 0 Å². The number of fused-ring (bicyclic) bond motifs is 1. The molecule has 3 heterocycles. The van der Waals surface area contributed by atoms with Gasteiger partial charge in [-0.05, 0) is 53.4 Å². The highest BCUT2D eigenvalue weighted by atomic mass is 19.1. The number of carbonyl (C=O) groups is 6. The first-order chi connectivity index (χ1) is 22.5. The molecule has 4 fully saturated rings. The van der Waals surface area contributed by atoms with Crippen LogP contribution in [0, 0.1) is 28.5 Å². The van der Waals surface area contributed by atoms with Crippen molar-refractivity contribution in [2.75, 3.05) is 50.7 Å². The van der Waals surface area contributed by atoms with Crippen LogP contribution in [0.2, 0.25) is 0 Å². The summed E-state index contributed by atoms with van der Waals surface area (Å²) < 4.78 is 13.3. The summed E-state index contributed by atoms with van der Waals surface area (Å²) in [5.74, 6) is -3.74. The van der Waals surface area contributed by atoms with Gasteiger partial charge in [0.15, 0.2) is 0 Å². The maximum absolute atomic E-state index is 14.1. The summed E-state index contributed by atoms with van der Waals surface area (Å²) >= 11 is 0. The Kier molecular flexibility index (Phi) is 9.73. The van der Waals surface area contributed by atoms with Crippen molar-refractivity contribution in [1.82, 2.24) is 31.1 Å². The number of primary amides is 1. The highest BCUT2D eigenvalue weighted by Gasteiger charge is 2.70. The fraction of sp³-hybridized carbons (Fsp3) is 0.636. The fourth-order valence-electron chi connectivity index (χ4n) is 7.14. The Morgan fingerprint density at radius 1 is 1.02 bits per heavy atom. The van der Waals surface area contributed by atoms with Crippen LogP contribution in [0.3, 0.4) is 0 Å². The van der Waals surface area contributed by atoms with Crippen LogP contribution in [0.5, 0.6) is 0 Å². The third-order valence-corrected chi connectivity index (χ3v) is 10.3. The highest BCUT2D eigenvalue weighted by molar-refractivity contribution is 6.37. The molecule has 0 radical (unpaired) electrons. The summed E-state index contributed by atoms with van der Waals surface area (Å²) in [7, 11) is 0. The zero-order valence-corrected chi connectivity index (χ0v) is 28.2. The Balaban J connectivity index is 1.19. The van der Waals surface area contributed by atoms with E-state index in [2.05, 4.69) is 26.2 Å². The van der Waals surface area contributed by atoms with Gasteiger partial charge in [-0.1, -0.05) is 34.6 Å². The summed E-state index contributed by atoms with van der Waals surface area (Å²) in [6, 6.07) is 2.41. The van der Waals surface area contributed by atoms with Crippen molar-refractivity contribution in [3.05, 3.63) is 30.1 Å². The number of urea groups is 1. The molecule has 6 N–H and O–H groups in total. The normalized spacial score (nSPS) is 25.3. The Morgan fingerprint density at radius 2 is 1.65 bits per heavy atom. The number of rotatable bonds is 11. The molecule has 3 aliphatic heterocycles. The molecule has 14 nitrogen and oxygen atoms in total. The number of piperazine rings is 1. The number of hydrogen-bond donors (Lipinski definition) is 5. The van der Waals surface area contributed by atoms with Crippen LogP contribution in [-0.4, -0.2) is 115 Å². The van der Waals surface area contributed by atoms with E-state index < -0.39 is 53.1 Å². The van der Waals surface area contributed by atoms with Crippen LogP contribution >= 0.6 is 0 Å². The number of benzene rings is 1. The van der Waals surface area contributed by atoms with Crippen molar-refractivity contribution in [3.63, 3.8) is 0 Å². The van der Waals surface area contributed by atoms with Gasteiger partial charge in [-0.2, -0.15) is 0 Å². The lowest BCUT2D eigenvalue weighted by atomic mass is 9.85. The van der Waals surface area contributed by atoms with Crippen molar-refractivity contribution in [3.8, 4) is 0 Å². The molecule has 0 bridgehead atoms. The molecule has 6 amide bonds. The number of anilines is 1. The number of likely N-dealkylation sites (tertiary alicyclic amines) is 1. The predicted molar refractivity (Wildman–Crippen MR) is 174 cm³/mol. The van der Waals surface area contributed by atoms with Gasteiger partial charge in [0.25, 0.3) is 5.91 Å². The number of nitrogens with two attached hydrogens (primary N) is 1. The van der Waals surface area contributed by atoms with Gasteiger partial charge in [-0.25, -0.2) is 9.18 Å². The molecule has 48 heavy (non-hydrogen) atoms. The first kappa shape index (κ1) is 35.0. The summed E-state index contributed by atoms with van der Waals surface area (Å²) in [4.78, 5) is 83.4. The predicted octanol–water partition coefficient (Wildman–Crippen LogP) is -0.428. The molecule has 15 heteroatoms. The minimum atomic E-state index is -1.14. The minimum Gasteiger partial charge on any atom is -0.368 e. The minimum absolute atomic E-state index is 0.0177. The smallest absolute Gasteiger partial charge is 0.315 e. The third kappa shape index (κ3) is 7.55. The molecule has 2 unspecified atom stereocenters. The van der Waals surface area contributed by atoms with Crippen molar-refractivity contribution < 1.29 is 33.2 Å². The van der Waals surface area contributed by atoms with E-state index in [1.165, 1.54) is 17.0 Å². The summed E-state index contributed by atoms with van der Waals surface area (Å²) in [5.41, 5.74) is 5.15. The lowest BCUT2D eigenvalue weighted by molar-refractivity contribution is -0.145. The second-order valence-electron chi connectivity index (χ2n) is 15.0. The molecule has 0 spiro atoms. The molecular weight excluding hydrogens is 623 g/mol. The van der Waals surface area contributed by atoms with Crippen LogP contribution in [-0.2, 0) is 24.0 Å². The van der Waals surface area contributed by atoms with Gasteiger partial charge < -0.3 is 41.7 Å². The van der Waals surface area contributed by atoms with E-state index in [9.17, 15) is 33.2 Å². The molecule has 1 aromatic rings. The second-order valence-corrected chi connectivity index (χ2v) is 15.0. The lowest BCUT2D eigenvalue weighted by Gasteiger charge is -2.38. The topological polar surface area (TPSA) is 196 Å². The first-order valence-electron chi connectivity index (χ1n) is 16.5. The maximum atomic E-state index is 14.1.